The number of nitroso groups, excluding NO2 is 1. The third-order valence-electron chi connectivity index (χ3n) is 2.33. The van der Waals surface area contributed by atoms with Crippen LogP contribution in [0.15, 0.2) is 5.18 Å². The molecule has 0 unspecified atom stereocenters. The molecule has 0 rings (SSSR count). The molecule has 0 bridgehead atoms. The van der Waals surface area contributed by atoms with Gasteiger partial charge in [0.2, 0.25) is 0 Å². The van der Waals surface area contributed by atoms with Gasteiger partial charge in [0.1, 0.15) is 0 Å². The molecule has 0 spiro atoms. The first-order valence-electron chi connectivity index (χ1n) is 5.74. The van der Waals surface area contributed by atoms with Gasteiger partial charge in [-0.2, -0.15) is 0 Å². The van der Waals surface area contributed by atoms with E-state index < -0.39 is 30.9 Å². The summed E-state index contributed by atoms with van der Waals surface area (Å²) in [7, 11) is 0. The molecule has 0 aromatic carbocycles. The van der Waals surface area contributed by atoms with E-state index in [1.807, 2.05) is 0 Å². The van der Waals surface area contributed by atoms with Gasteiger partial charge in [-0.25, -0.2) is 0 Å². The predicted octanol–water partition coefficient (Wildman–Crippen LogP) is -1.96. The fraction of sp³-hybridized carbons (Fsp3) is 0.700. The smallest absolute Gasteiger partial charge is 0.317 e. The Balaban J connectivity index is 4.45. The van der Waals surface area contributed by atoms with E-state index in [-0.39, 0.29) is 32.8 Å². The van der Waals surface area contributed by atoms with Crippen LogP contribution in [0.5, 0.6) is 0 Å². The van der Waals surface area contributed by atoms with Crippen molar-refractivity contribution in [1.82, 2.24) is 9.80 Å². The Morgan fingerprint density at radius 1 is 0.850 bits per heavy atom. The zero-order chi connectivity index (χ0) is 15.5. The number of hydrogen-bond acceptors (Lipinski definition) is 7. The quantitative estimate of drug-likeness (QED) is 0.369. The van der Waals surface area contributed by atoms with Crippen LogP contribution in [-0.2, 0) is 14.4 Å². The highest BCUT2D eigenvalue weighted by Gasteiger charge is 2.16. The summed E-state index contributed by atoms with van der Waals surface area (Å²) in [5.41, 5.74) is 0. The lowest BCUT2D eigenvalue weighted by molar-refractivity contribution is -0.140. The maximum atomic E-state index is 10.9. The lowest BCUT2D eigenvalue weighted by Gasteiger charge is -2.24. The van der Waals surface area contributed by atoms with E-state index in [4.69, 9.17) is 15.3 Å². The Kier molecular flexibility index (Phi) is 9.00. The number of hydrogen-bond donors (Lipinski definition) is 3. The number of carbonyl (C=O) groups is 3. The van der Waals surface area contributed by atoms with Crippen molar-refractivity contribution in [1.29, 1.82) is 0 Å². The molecule has 0 heterocycles. The van der Waals surface area contributed by atoms with Crippen molar-refractivity contribution in [3.05, 3.63) is 4.91 Å². The number of aliphatic hydroxyl groups is 1. The van der Waals surface area contributed by atoms with E-state index in [0.29, 0.717) is 0 Å². The van der Waals surface area contributed by atoms with Gasteiger partial charge >= 0.3 is 11.9 Å². The molecule has 0 atom stereocenters. The molecule has 0 aromatic heterocycles. The first-order valence-corrected chi connectivity index (χ1v) is 5.74. The van der Waals surface area contributed by atoms with Crippen LogP contribution in [0.25, 0.3) is 0 Å². The van der Waals surface area contributed by atoms with Crippen molar-refractivity contribution in [2.45, 2.75) is 0 Å². The number of carbonyl (C=O) groups excluding carboxylic acids is 1. The Labute approximate surface area is 114 Å². The van der Waals surface area contributed by atoms with E-state index in [9.17, 15) is 19.3 Å². The number of aliphatic carboxylic acids is 2. The van der Waals surface area contributed by atoms with E-state index >= 15 is 0 Å². The number of rotatable bonds is 11. The maximum Gasteiger partial charge on any atom is 0.317 e. The monoisotopic (exact) mass is 291 g/mol. The molecule has 0 fully saturated rings. The summed E-state index contributed by atoms with van der Waals surface area (Å²) in [4.78, 5) is 44.7. The molecule has 0 aliphatic rings. The Bertz CT molecular complexity index is 361. The SMILES string of the molecule is O=NC(=O)CN(CCN(CCO)CC(=O)O)CC(=O)O. The van der Waals surface area contributed by atoms with E-state index in [2.05, 4.69) is 5.18 Å². The van der Waals surface area contributed by atoms with Crippen molar-refractivity contribution in [2.24, 2.45) is 5.18 Å². The summed E-state index contributed by atoms with van der Waals surface area (Å²) in [5.74, 6) is -3.28. The number of amides is 1. The summed E-state index contributed by atoms with van der Waals surface area (Å²) in [6.45, 7) is -1.19. The van der Waals surface area contributed by atoms with Crippen LogP contribution in [0.3, 0.4) is 0 Å². The van der Waals surface area contributed by atoms with E-state index in [0.717, 1.165) is 4.90 Å². The molecule has 10 nitrogen and oxygen atoms in total. The van der Waals surface area contributed by atoms with E-state index in [1.54, 1.807) is 0 Å². The predicted molar refractivity (Wildman–Crippen MR) is 66.0 cm³/mol. The zero-order valence-corrected chi connectivity index (χ0v) is 10.8. The van der Waals surface area contributed by atoms with Crippen LogP contribution in [0.1, 0.15) is 0 Å². The van der Waals surface area contributed by atoms with Gasteiger partial charge < -0.3 is 15.3 Å². The number of carboxylic acid groups (broad SMARTS) is 2. The Morgan fingerprint density at radius 3 is 1.80 bits per heavy atom. The molecule has 114 valence electrons. The maximum absolute atomic E-state index is 10.9. The van der Waals surface area contributed by atoms with Crippen LogP contribution >= 0.6 is 0 Å². The zero-order valence-electron chi connectivity index (χ0n) is 10.8. The summed E-state index contributed by atoms with van der Waals surface area (Å²) in [5, 5.41) is 28.3. The van der Waals surface area contributed by atoms with Crippen molar-refractivity contribution in [3.8, 4) is 0 Å². The van der Waals surface area contributed by atoms with Gasteiger partial charge in [-0.3, -0.25) is 24.2 Å². The van der Waals surface area contributed by atoms with Crippen molar-refractivity contribution in [2.75, 3.05) is 45.9 Å². The molecule has 0 radical (unpaired) electrons. The van der Waals surface area contributed by atoms with Crippen molar-refractivity contribution < 1.29 is 29.7 Å². The third-order valence-corrected chi connectivity index (χ3v) is 2.33. The molecule has 0 aromatic rings. The van der Waals surface area contributed by atoms with Gasteiger partial charge in [0.05, 0.1) is 26.2 Å². The van der Waals surface area contributed by atoms with Gasteiger partial charge in [0.25, 0.3) is 5.91 Å². The summed E-state index contributed by atoms with van der Waals surface area (Å²) < 4.78 is 0. The van der Waals surface area contributed by atoms with Gasteiger partial charge in [-0.05, 0) is 0 Å². The molecule has 10 heteroatoms. The number of carboxylic acids is 2. The molecular formula is C10H17N3O7. The van der Waals surface area contributed by atoms with Gasteiger partial charge in [-0.1, -0.05) is 0 Å². The molecule has 20 heavy (non-hydrogen) atoms. The van der Waals surface area contributed by atoms with Crippen LogP contribution < -0.4 is 0 Å². The summed E-state index contributed by atoms with van der Waals surface area (Å²) in [6.07, 6.45) is 0. The largest absolute Gasteiger partial charge is 0.480 e. The number of nitrogens with zero attached hydrogens (tertiary/aromatic N) is 3. The average Bonchev–Trinajstić information content (AvgIpc) is 2.34. The minimum absolute atomic E-state index is 0.0564. The highest BCUT2D eigenvalue weighted by atomic mass is 16.4. The lowest BCUT2D eigenvalue weighted by atomic mass is 10.4. The molecule has 1 amide bonds. The van der Waals surface area contributed by atoms with Gasteiger partial charge in [0, 0.05) is 24.8 Å². The summed E-state index contributed by atoms with van der Waals surface area (Å²) >= 11 is 0. The van der Waals surface area contributed by atoms with Crippen LogP contribution in [0.4, 0.5) is 0 Å². The Hall–Kier alpha value is -1.91. The minimum atomic E-state index is -1.18. The molecule has 0 aliphatic heterocycles. The third kappa shape index (κ3) is 9.08. The van der Waals surface area contributed by atoms with Crippen LogP contribution in [0.2, 0.25) is 0 Å². The first kappa shape index (κ1) is 18.1. The first-order chi connectivity index (χ1) is 9.38. The average molecular weight is 291 g/mol. The van der Waals surface area contributed by atoms with E-state index in [1.165, 1.54) is 4.90 Å². The fourth-order valence-corrected chi connectivity index (χ4v) is 1.51. The van der Waals surface area contributed by atoms with Gasteiger partial charge in [-0.15, -0.1) is 4.91 Å². The molecule has 0 saturated carbocycles. The minimum Gasteiger partial charge on any atom is -0.480 e. The molecular weight excluding hydrogens is 274 g/mol. The highest BCUT2D eigenvalue weighted by molar-refractivity contribution is 5.79. The molecule has 0 aliphatic carbocycles. The second kappa shape index (κ2) is 9.95. The molecule has 3 N–H and O–H groups in total. The normalized spacial score (nSPS) is 10.8. The van der Waals surface area contributed by atoms with Crippen LogP contribution in [0, 0.1) is 4.91 Å². The van der Waals surface area contributed by atoms with Crippen molar-refractivity contribution in [3.63, 3.8) is 0 Å². The fourth-order valence-electron chi connectivity index (χ4n) is 1.51. The molecule has 0 saturated heterocycles. The Morgan fingerprint density at radius 2 is 1.35 bits per heavy atom. The topological polar surface area (TPSA) is 148 Å². The standard InChI is InChI=1S/C10H17N3O7/c14-4-3-12(6-9(16)17)1-2-13(7-10(18)19)5-8(15)11-20/h14H,1-7H2,(H,16,17)(H,18,19). The van der Waals surface area contributed by atoms with Crippen molar-refractivity contribution >= 4 is 17.8 Å². The van der Waals surface area contributed by atoms with Crippen LogP contribution in [-0.4, -0.2) is 88.8 Å². The lowest BCUT2D eigenvalue weighted by Crippen LogP contribution is -2.42. The second-order valence-corrected chi connectivity index (χ2v) is 3.98. The van der Waals surface area contributed by atoms with Gasteiger partial charge in [0.15, 0.2) is 0 Å². The second-order valence-electron chi connectivity index (χ2n) is 3.98. The summed E-state index contributed by atoms with van der Waals surface area (Å²) in [6, 6.07) is 0. The number of aliphatic hydroxyl groups excluding tert-OH is 1. The highest BCUT2D eigenvalue weighted by Crippen LogP contribution is 1.94.